The summed E-state index contributed by atoms with van der Waals surface area (Å²) in [6.07, 6.45) is 7.79. The molecule has 0 heterocycles. The Hall–Kier alpha value is -0.570. The molecule has 0 saturated heterocycles. The number of carbonyl (C=O) groups excluding carboxylic acids is 1. The molecule has 0 aliphatic heterocycles. The first-order valence-corrected chi connectivity index (χ1v) is 7.14. The third kappa shape index (κ3) is 5.07. The average Bonchev–Trinajstić information content (AvgIpc) is 2.59. The van der Waals surface area contributed by atoms with E-state index < -0.39 is 0 Å². The monoisotopic (exact) mass is 240 g/mol. The number of likely N-dealkylation sites (N-methyl/N-ethyl adjacent to an activating group) is 1. The van der Waals surface area contributed by atoms with Crippen LogP contribution >= 0.6 is 0 Å². The number of nitrogens with zero attached hydrogens (tertiary/aromatic N) is 1. The highest BCUT2D eigenvalue weighted by molar-refractivity contribution is 5.77. The van der Waals surface area contributed by atoms with Crippen LogP contribution in [0.25, 0.3) is 0 Å². The van der Waals surface area contributed by atoms with Crippen molar-refractivity contribution in [2.75, 3.05) is 20.1 Å². The molecule has 2 unspecified atom stereocenters. The molecule has 1 aliphatic carbocycles. The number of hydrogen-bond acceptors (Lipinski definition) is 2. The first-order chi connectivity index (χ1) is 8.17. The molecule has 1 rings (SSSR count). The van der Waals surface area contributed by atoms with E-state index in [1.165, 1.54) is 38.5 Å². The van der Waals surface area contributed by atoms with Crippen LogP contribution in [0.4, 0.5) is 0 Å². The second kappa shape index (κ2) is 7.70. The fourth-order valence-corrected chi connectivity index (χ4v) is 2.53. The summed E-state index contributed by atoms with van der Waals surface area (Å²) in [4.78, 5) is 13.5. The zero-order valence-electron chi connectivity index (χ0n) is 11.7. The molecule has 3 nitrogen and oxygen atoms in total. The summed E-state index contributed by atoms with van der Waals surface area (Å²) in [6.45, 7) is 5.60. The topological polar surface area (TPSA) is 32.3 Å². The zero-order chi connectivity index (χ0) is 12.7. The summed E-state index contributed by atoms with van der Waals surface area (Å²) < 4.78 is 0. The van der Waals surface area contributed by atoms with E-state index in [1.807, 2.05) is 14.0 Å². The summed E-state index contributed by atoms with van der Waals surface area (Å²) in [7, 11) is 1.87. The van der Waals surface area contributed by atoms with Crippen LogP contribution in [-0.4, -0.2) is 37.0 Å². The Bertz CT molecular complexity index is 230. The van der Waals surface area contributed by atoms with Gasteiger partial charge < -0.3 is 10.2 Å². The van der Waals surface area contributed by atoms with Gasteiger partial charge in [-0.2, -0.15) is 0 Å². The number of hydrogen-bond donors (Lipinski definition) is 1. The largest absolute Gasteiger partial charge is 0.345 e. The second-order valence-corrected chi connectivity index (χ2v) is 5.27. The van der Waals surface area contributed by atoms with Crippen molar-refractivity contribution in [3.8, 4) is 0 Å². The lowest BCUT2D eigenvalue weighted by molar-refractivity contribution is -0.128. The first kappa shape index (κ1) is 14.5. The smallest absolute Gasteiger partial charge is 0.236 e. The van der Waals surface area contributed by atoms with E-state index in [9.17, 15) is 4.79 Å². The van der Waals surface area contributed by atoms with Crippen LogP contribution in [0.15, 0.2) is 0 Å². The van der Waals surface area contributed by atoms with Crippen molar-refractivity contribution in [3.05, 3.63) is 0 Å². The Kier molecular flexibility index (Phi) is 6.56. The van der Waals surface area contributed by atoms with Gasteiger partial charge in [0.25, 0.3) is 0 Å². The molecule has 3 heteroatoms. The zero-order valence-corrected chi connectivity index (χ0v) is 11.7. The third-order valence-electron chi connectivity index (χ3n) is 4.11. The molecule has 1 amide bonds. The van der Waals surface area contributed by atoms with Crippen LogP contribution in [0.1, 0.15) is 52.4 Å². The molecule has 0 radical (unpaired) electrons. The summed E-state index contributed by atoms with van der Waals surface area (Å²) in [5, 5.41) is 3.43. The van der Waals surface area contributed by atoms with Crippen molar-refractivity contribution < 1.29 is 4.79 Å². The fraction of sp³-hybridized carbons (Fsp3) is 0.929. The molecular weight excluding hydrogens is 212 g/mol. The predicted molar refractivity (Wildman–Crippen MR) is 72.0 cm³/mol. The Morgan fingerprint density at radius 1 is 1.24 bits per heavy atom. The van der Waals surface area contributed by atoms with Crippen LogP contribution in [-0.2, 0) is 4.79 Å². The molecule has 100 valence electrons. The molecule has 1 saturated carbocycles. The van der Waals surface area contributed by atoms with Crippen molar-refractivity contribution in [2.24, 2.45) is 5.92 Å². The van der Waals surface area contributed by atoms with E-state index in [1.54, 1.807) is 4.90 Å². The number of nitrogens with one attached hydrogen (secondary N) is 1. The van der Waals surface area contributed by atoms with Gasteiger partial charge in [0.05, 0.1) is 6.54 Å². The molecule has 0 aromatic rings. The van der Waals surface area contributed by atoms with Gasteiger partial charge >= 0.3 is 0 Å². The van der Waals surface area contributed by atoms with Crippen LogP contribution in [0.2, 0.25) is 0 Å². The minimum atomic E-state index is 0.212. The predicted octanol–water partition coefficient (Wildman–Crippen LogP) is 2.41. The van der Waals surface area contributed by atoms with E-state index in [4.69, 9.17) is 0 Å². The van der Waals surface area contributed by atoms with Crippen molar-refractivity contribution in [2.45, 2.75) is 58.4 Å². The minimum absolute atomic E-state index is 0.212. The molecule has 1 N–H and O–H groups in total. The SMILES string of the molecule is CCC1CCCC(NCC(=O)N(C)CC)CC1. The summed E-state index contributed by atoms with van der Waals surface area (Å²) in [5.41, 5.74) is 0. The summed E-state index contributed by atoms with van der Waals surface area (Å²) >= 11 is 0. The maximum atomic E-state index is 11.7. The lowest BCUT2D eigenvalue weighted by Crippen LogP contribution is -2.39. The molecule has 0 aromatic heterocycles. The van der Waals surface area contributed by atoms with Crippen LogP contribution in [0, 0.1) is 5.92 Å². The van der Waals surface area contributed by atoms with Crippen molar-refractivity contribution in [1.82, 2.24) is 10.2 Å². The second-order valence-electron chi connectivity index (χ2n) is 5.27. The van der Waals surface area contributed by atoms with Crippen LogP contribution in [0.5, 0.6) is 0 Å². The normalized spacial score (nSPS) is 25.4. The molecule has 2 atom stereocenters. The first-order valence-electron chi connectivity index (χ1n) is 7.14. The van der Waals surface area contributed by atoms with Gasteiger partial charge in [-0.1, -0.05) is 26.2 Å². The molecule has 1 aliphatic rings. The van der Waals surface area contributed by atoms with Gasteiger partial charge in [-0.05, 0) is 32.1 Å². The quantitative estimate of drug-likeness (QED) is 0.749. The van der Waals surface area contributed by atoms with E-state index in [0.717, 1.165) is 12.5 Å². The molecular formula is C14H28N2O. The van der Waals surface area contributed by atoms with Crippen molar-refractivity contribution >= 4 is 5.91 Å². The van der Waals surface area contributed by atoms with E-state index in [-0.39, 0.29) is 5.91 Å². The summed E-state index contributed by atoms with van der Waals surface area (Å²) in [6, 6.07) is 0.556. The molecule has 17 heavy (non-hydrogen) atoms. The standard InChI is InChI=1S/C14H28N2O/c1-4-12-7-6-8-13(10-9-12)15-11-14(17)16(3)5-2/h12-13,15H,4-11H2,1-3H3. The van der Waals surface area contributed by atoms with Crippen LogP contribution in [0.3, 0.4) is 0 Å². The molecule has 0 spiro atoms. The molecule has 1 fully saturated rings. The van der Waals surface area contributed by atoms with E-state index in [2.05, 4.69) is 12.2 Å². The van der Waals surface area contributed by atoms with E-state index in [0.29, 0.717) is 12.6 Å². The van der Waals surface area contributed by atoms with E-state index >= 15 is 0 Å². The lowest BCUT2D eigenvalue weighted by Gasteiger charge is -2.19. The highest BCUT2D eigenvalue weighted by atomic mass is 16.2. The lowest BCUT2D eigenvalue weighted by atomic mass is 9.98. The van der Waals surface area contributed by atoms with Gasteiger partial charge in [-0.25, -0.2) is 0 Å². The number of carbonyl (C=O) groups is 1. The third-order valence-corrected chi connectivity index (χ3v) is 4.11. The molecule has 0 aromatic carbocycles. The Balaban J connectivity index is 2.25. The minimum Gasteiger partial charge on any atom is -0.345 e. The van der Waals surface area contributed by atoms with Gasteiger partial charge in [0.15, 0.2) is 0 Å². The van der Waals surface area contributed by atoms with Gasteiger partial charge in [0, 0.05) is 19.6 Å². The van der Waals surface area contributed by atoms with Gasteiger partial charge in [-0.3, -0.25) is 4.79 Å². The molecule has 0 bridgehead atoms. The number of rotatable bonds is 5. The van der Waals surface area contributed by atoms with Gasteiger partial charge in [0.1, 0.15) is 0 Å². The van der Waals surface area contributed by atoms with Crippen molar-refractivity contribution in [1.29, 1.82) is 0 Å². The maximum absolute atomic E-state index is 11.7. The Labute approximate surface area is 106 Å². The highest BCUT2D eigenvalue weighted by Crippen LogP contribution is 2.25. The maximum Gasteiger partial charge on any atom is 0.236 e. The van der Waals surface area contributed by atoms with Gasteiger partial charge in [-0.15, -0.1) is 0 Å². The fourth-order valence-electron chi connectivity index (χ4n) is 2.53. The Morgan fingerprint density at radius 3 is 2.65 bits per heavy atom. The van der Waals surface area contributed by atoms with Crippen LogP contribution < -0.4 is 5.32 Å². The van der Waals surface area contributed by atoms with Crippen molar-refractivity contribution in [3.63, 3.8) is 0 Å². The summed E-state index contributed by atoms with van der Waals surface area (Å²) in [5.74, 6) is 1.12. The Morgan fingerprint density at radius 2 is 2.00 bits per heavy atom. The number of amides is 1. The van der Waals surface area contributed by atoms with Gasteiger partial charge in [0.2, 0.25) is 5.91 Å². The average molecular weight is 240 g/mol. The highest BCUT2D eigenvalue weighted by Gasteiger charge is 2.18.